The lowest BCUT2D eigenvalue weighted by molar-refractivity contribution is 0.247. The van der Waals surface area contributed by atoms with E-state index in [-0.39, 0.29) is 0 Å². The normalized spacial score (nSPS) is 14.5. The largest absolute Gasteiger partial charge is 0.379 e. The number of benzene rings is 1. The molecule has 2 aromatic rings. The third-order valence-electron chi connectivity index (χ3n) is 3.82. The molecule has 2 heterocycles. The summed E-state index contributed by atoms with van der Waals surface area (Å²) < 4.78 is 0. The Morgan fingerprint density at radius 3 is 3.05 bits per heavy atom. The molecule has 0 saturated heterocycles. The number of hydrogen-bond acceptors (Lipinski definition) is 4. The van der Waals surface area contributed by atoms with Gasteiger partial charge >= 0.3 is 0 Å². The molecule has 1 aromatic carbocycles. The van der Waals surface area contributed by atoms with Crippen LogP contribution >= 0.6 is 20.6 Å². The average Bonchev–Trinajstić information content (AvgIpc) is 2.84. The summed E-state index contributed by atoms with van der Waals surface area (Å²) in [5, 5.41) is 14.8. The van der Waals surface area contributed by atoms with Gasteiger partial charge in [-0.1, -0.05) is 24.3 Å². The minimum Gasteiger partial charge on any atom is -0.379 e. The number of rotatable bonds is 3. The maximum absolute atomic E-state index is 9.40. The van der Waals surface area contributed by atoms with Crippen molar-refractivity contribution in [1.29, 1.82) is 5.26 Å². The van der Waals surface area contributed by atoms with Crippen molar-refractivity contribution < 1.29 is 0 Å². The molecule has 21 heavy (non-hydrogen) atoms. The van der Waals surface area contributed by atoms with E-state index < -0.39 is 0 Å². The molecular weight excluding hydrogens is 297 g/mol. The third kappa shape index (κ3) is 2.96. The molecular formula is C16H18N3PS. The van der Waals surface area contributed by atoms with Gasteiger partial charge in [-0.2, -0.15) is 5.26 Å². The monoisotopic (exact) mass is 315 g/mol. The lowest BCUT2D eigenvalue weighted by Gasteiger charge is -2.27. The number of nitrogens with one attached hydrogen (secondary N) is 1. The van der Waals surface area contributed by atoms with E-state index in [2.05, 4.69) is 49.8 Å². The predicted molar refractivity (Wildman–Crippen MR) is 92.2 cm³/mol. The Labute approximate surface area is 131 Å². The molecule has 0 aliphatic carbocycles. The van der Waals surface area contributed by atoms with Gasteiger partial charge in [-0.05, 0) is 17.3 Å². The highest BCUT2D eigenvalue weighted by molar-refractivity contribution is 7.27. The first-order chi connectivity index (χ1) is 10.2. The first kappa shape index (κ1) is 14.5. The Morgan fingerprint density at radius 2 is 2.33 bits per heavy atom. The van der Waals surface area contributed by atoms with Gasteiger partial charge in [0.05, 0.1) is 5.56 Å². The van der Waals surface area contributed by atoms with E-state index in [1.165, 1.54) is 21.3 Å². The van der Waals surface area contributed by atoms with Crippen molar-refractivity contribution in [3.05, 3.63) is 45.8 Å². The zero-order valence-electron chi connectivity index (χ0n) is 12.0. The molecule has 108 valence electrons. The first-order valence-electron chi connectivity index (χ1n) is 7.00. The van der Waals surface area contributed by atoms with Gasteiger partial charge in [0.25, 0.3) is 0 Å². The number of hydrogen-bond donors (Lipinski definition) is 1. The van der Waals surface area contributed by atoms with E-state index >= 15 is 0 Å². The molecule has 3 rings (SSSR count). The third-order valence-corrected chi connectivity index (χ3v) is 5.49. The van der Waals surface area contributed by atoms with E-state index in [1.807, 2.05) is 7.05 Å². The van der Waals surface area contributed by atoms with Gasteiger partial charge in [0, 0.05) is 37.1 Å². The van der Waals surface area contributed by atoms with Gasteiger partial charge in [0.1, 0.15) is 11.1 Å². The van der Waals surface area contributed by atoms with Crippen molar-refractivity contribution in [2.45, 2.75) is 19.5 Å². The van der Waals surface area contributed by atoms with Crippen molar-refractivity contribution >= 4 is 30.9 Å². The van der Waals surface area contributed by atoms with Gasteiger partial charge in [0.2, 0.25) is 0 Å². The van der Waals surface area contributed by atoms with Crippen LogP contribution in [0.25, 0.3) is 0 Å². The fraction of sp³-hybridized carbons (Fsp3) is 0.312. The van der Waals surface area contributed by atoms with Crippen molar-refractivity contribution in [2.75, 3.05) is 18.9 Å². The van der Waals surface area contributed by atoms with E-state index in [9.17, 15) is 5.26 Å². The molecule has 0 bridgehead atoms. The molecule has 0 fully saturated rings. The zero-order valence-corrected chi connectivity index (χ0v) is 14.0. The number of fused-ring (bicyclic) bond motifs is 1. The van der Waals surface area contributed by atoms with Gasteiger partial charge in [0.15, 0.2) is 0 Å². The van der Waals surface area contributed by atoms with Gasteiger partial charge in [-0.15, -0.1) is 20.6 Å². The molecule has 1 atom stereocenters. The standard InChI is InChI=1S/C16H18N3PS/c1-18-16-13(8-17)14-10-19(6-5-15(14)21-16)9-11-3-2-4-12(20)7-11/h2-4,7,18H,5-6,9-10,20H2,1H3. The van der Waals surface area contributed by atoms with Crippen LogP contribution in [0.4, 0.5) is 5.00 Å². The van der Waals surface area contributed by atoms with E-state index in [0.29, 0.717) is 0 Å². The highest BCUT2D eigenvalue weighted by Gasteiger charge is 2.24. The average molecular weight is 315 g/mol. The maximum Gasteiger partial charge on any atom is 0.107 e. The summed E-state index contributed by atoms with van der Waals surface area (Å²) in [6.45, 7) is 2.87. The summed E-state index contributed by atoms with van der Waals surface area (Å²) in [6, 6.07) is 10.9. The van der Waals surface area contributed by atoms with Crippen molar-refractivity contribution in [1.82, 2.24) is 4.90 Å². The minimum absolute atomic E-state index is 0.835. The first-order valence-corrected chi connectivity index (χ1v) is 8.40. The summed E-state index contributed by atoms with van der Waals surface area (Å²) in [6.07, 6.45) is 1.04. The van der Waals surface area contributed by atoms with E-state index in [1.54, 1.807) is 11.3 Å². The number of anilines is 1. The highest BCUT2D eigenvalue weighted by atomic mass is 32.1. The Morgan fingerprint density at radius 1 is 1.48 bits per heavy atom. The van der Waals surface area contributed by atoms with E-state index in [0.717, 1.165) is 36.6 Å². The second kappa shape index (κ2) is 6.15. The number of nitrogens with zero attached hydrogens (tertiary/aromatic N) is 2. The Bertz CT molecular complexity index is 702. The molecule has 1 aliphatic rings. The molecule has 0 saturated carbocycles. The van der Waals surface area contributed by atoms with Crippen LogP contribution in [0.2, 0.25) is 0 Å². The molecule has 3 nitrogen and oxygen atoms in total. The molecule has 1 N–H and O–H groups in total. The molecule has 1 aliphatic heterocycles. The second-order valence-corrected chi connectivity index (χ2v) is 7.05. The fourth-order valence-corrected chi connectivity index (χ4v) is 4.25. The Hall–Kier alpha value is -1.40. The topological polar surface area (TPSA) is 39.1 Å². The lowest BCUT2D eigenvalue weighted by Crippen LogP contribution is -2.29. The highest BCUT2D eigenvalue weighted by Crippen LogP contribution is 2.36. The quantitative estimate of drug-likeness (QED) is 0.885. The summed E-state index contributed by atoms with van der Waals surface area (Å²) in [5.74, 6) is 0. The second-order valence-electron chi connectivity index (χ2n) is 5.28. The molecule has 0 spiro atoms. The van der Waals surface area contributed by atoms with Gasteiger partial charge in [-0.3, -0.25) is 4.90 Å². The van der Waals surface area contributed by atoms with E-state index in [4.69, 9.17) is 0 Å². The molecule has 5 heteroatoms. The van der Waals surface area contributed by atoms with Crippen molar-refractivity contribution in [3.63, 3.8) is 0 Å². The summed E-state index contributed by atoms with van der Waals surface area (Å²) >= 11 is 1.73. The maximum atomic E-state index is 9.40. The molecule has 0 radical (unpaired) electrons. The van der Waals surface area contributed by atoms with Crippen LogP contribution in [0.5, 0.6) is 0 Å². The van der Waals surface area contributed by atoms with Crippen LogP contribution in [-0.4, -0.2) is 18.5 Å². The van der Waals surface area contributed by atoms with Crippen LogP contribution in [0, 0.1) is 11.3 Å². The van der Waals surface area contributed by atoms with Crippen LogP contribution in [0.1, 0.15) is 21.6 Å². The smallest absolute Gasteiger partial charge is 0.107 e. The van der Waals surface area contributed by atoms with Crippen LogP contribution in [-0.2, 0) is 19.5 Å². The SMILES string of the molecule is CNc1sc2c(c1C#N)CN(Cc1cccc(P)c1)CC2. The molecule has 1 unspecified atom stereocenters. The fourth-order valence-electron chi connectivity index (χ4n) is 2.82. The van der Waals surface area contributed by atoms with Crippen molar-refractivity contribution in [3.8, 4) is 6.07 Å². The number of thiophene rings is 1. The molecule has 1 aromatic heterocycles. The van der Waals surface area contributed by atoms with Crippen LogP contribution < -0.4 is 10.6 Å². The van der Waals surface area contributed by atoms with Crippen molar-refractivity contribution in [2.24, 2.45) is 0 Å². The zero-order chi connectivity index (χ0) is 14.8. The summed E-state index contributed by atoms with van der Waals surface area (Å²) in [5.41, 5.74) is 3.38. The van der Waals surface area contributed by atoms with Gasteiger partial charge in [-0.25, -0.2) is 0 Å². The van der Waals surface area contributed by atoms with Crippen LogP contribution in [0.15, 0.2) is 24.3 Å². The lowest BCUT2D eigenvalue weighted by atomic mass is 10.0. The summed E-state index contributed by atoms with van der Waals surface area (Å²) in [7, 11) is 4.64. The predicted octanol–water partition coefficient (Wildman–Crippen LogP) is 2.72. The molecule has 0 amide bonds. The van der Waals surface area contributed by atoms with Crippen LogP contribution in [0.3, 0.4) is 0 Å². The Balaban J connectivity index is 1.81. The number of nitriles is 1. The minimum atomic E-state index is 0.835. The summed E-state index contributed by atoms with van der Waals surface area (Å²) in [4.78, 5) is 3.79. The Kier molecular flexibility index (Phi) is 4.26. The van der Waals surface area contributed by atoms with Gasteiger partial charge < -0.3 is 5.32 Å².